The van der Waals surface area contributed by atoms with E-state index in [1.165, 1.54) is 0 Å². The van der Waals surface area contributed by atoms with Crippen molar-refractivity contribution in [2.24, 2.45) is 0 Å². The first-order valence-corrected chi connectivity index (χ1v) is 9.10. The molecule has 0 unspecified atom stereocenters. The smallest absolute Gasteiger partial charge is 0.204 e. The molecule has 23 heavy (non-hydrogen) atoms. The van der Waals surface area contributed by atoms with E-state index in [0.717, 1.165) is 11.1 Å². The summed E-state index contributed by atoms with van der Waals surface area (Å²) in [6.07, 6.45) is 1.74. The first-order valence-electron chi connectivity index (χ1n) is 7.24. The molecule has 0 atom stereocenters. The molecule has 4 heteroatoms. The van der Waals surface area contributed by atoms with Gasteiger partial charge in [-0.3, -0.25) is 0 Å². The van der Waals surface area contributed by atoms with Crippen molar-refractivity contribution in [2.45, 2.75) is 25.2 Å². The van der Waals surface area contributed by atoms with Crippen LogP contribution in [0.3, 0.4) is 0 Å². The van der Waals surface area contributed by atoms with Crippen LogP contribution >= 0.6 is 11.6 Å². The second-order valence-corrected chi connectivity index (χ2v) is 7.76. The lowest BCUT2D eigenvalue weighted by molar-refractivity contribution is 0.601. The zero-order chi connectivity index (χ0) is 17.0. The number of hydrogen-bond acceptors (Lipinski definition) is 2. The van der Waals surface area contributed by atoms with Crippen molar-refractivity contribution in [3.8, 4) is 0 Å². The van der Waals surface area contributed by atoms with Crippen LogP contribution < -0.4 is 0 Å². The molecule has 2 aromatic rings. The maximum Gasteiger partial charge on any atom is 0.204 e. The van der Waals surface area contributed by atoms with Gasteiger partial charge in [-0.2, -0.15) is 0 Å². The Morgan fingerprint density at radius 3 is 1.96 bits per heavy atom. The van der Waals surface area contributed by atoms with Gasteiger partial charge in [-0.05, 0) is 31.5 Å². The van der Waals surface area contributed by atoms with Crippen LogP contribution in [0, 0.1) is 13.8 Å². The molecule has 0 amide bonds. The zero-order valence-corrected chi connectivity index (χ0v) is 14.8. The van der Waals surface area contributed by atoms with Crippen molar-refractivity contribution in [2.75, 3.05) is 0 Å². The molecule has 2 nitrogen and oxygen atoms in total. The predicted octanol–water partition coefficient (Wildman–Crippen LogP) is 5.26. The fourth-order valence-electron chi connectivity index (χ4n) is 2.17. The molecule has 0 saturated heterocycles. The molecule has 120 valence electrons. The van der Waals surface area contributed by atoms with E-state index in [2.05, 4.69) is 6.58 Å². The van der Waals surface area contributed by atoms with Crippen molar-refractivity contribution < 1.29 is 8.42 Å². The van der Waals surface area contributed by atoms with E-state index in [1.54, 1.807) is 30.3 Å². The summed E-state index contributed by atoms with van der Waals surface area (Å²) >= 11 is 6.42. The van der Waals surface area contributed by atoms with Gasteiger partial charge < -0.3 is 0 Å². The second-order valence-electron chi connectivity index (χ2n) is 5.41. The second kappa shape index (κ2) is 7.16. The molecule has 0 spiro atoms. The number of halogens is 1. The van der Waals surface area contributed by atoms with Crippen LogP contribution in [0.15, 0.2) is 71.0 Å². The molecule has 0 heterocycles. The van der Waals surface area contributed by atoms with Gasteiger partial charge >= 0.3 is 0 Å². The van der Waals surface area contributed by atoms with Crippen molar-refractivity contribution in [1.82, 2.24) is 0 Å². The van der Waals surface area contributed by atoms with E-state index in [4.69, 9.17) is 11.6 Å². The van der Waals surface area contributed by atoms with E-state index < -0.39 is 9.84 Å². The monoisotopic (exact) mass is 346 g/mol. The molecular weight excluding hydrogens is 328 g/mol. The summed E-state index contributed by atoms with van der Waals surface area (Å²) < 4.78 is 25.9. The lowest BCUT2D eigenvalue weighted by Crippen LogP contribution is -2.06. The molecule has 0 aromatic heterocycles. The molecule has 0 fully saturated rings. The van der Waals surface area contributed by atoms with Crippen LogP contribution in [-0.4, -0.2) is 8.42 Å². The van der Waals surface area contributed by atoms with Gasteiger partial charge in [0.15, 0.2) is 0 Å². The van der Waals surface area contributed by atoms with Gasteiger partial charge in [0.1, 0.15) is 0 Å². The minimum absolute atomic E-state index is 0.168. The Morgan fingerprint density at radius 2 is 1.48 bits per heavy atom. The highest BCUT2D eigenvalue weighted by Gasteiger charge is 2.23. The average Bonchev–Trinajstić information content (AvgIpc) is 2.53. The summed E-state index contributed by atoms with van der Waals surface area (Å²) in [6.45, 7) is 7.53. The van der Waals surface area contributed by atoms with Crippen LogP contribution in [-0.2, 0) is 9.84 Å². The quantitative estimate of drug-likeness (QED) is 0.692. The number of aryl methyl sites for hydroxylation is 2. The normalized spacial score (nSPS) is 12.7. The lowest BCUT2D eigenvalue weighted by Gasteiger charge is -2.11. The number of sulfone groups is 1. The third kappa shape index (κ3) is 3.92. The highest BCUT2D eigenvalue weighted by atomic mass is 35.5. The minimum atomic E-state index is -3.66. The summed E-state index contributed by atoms with van der Waals surface area (Å²) in [5.74, 6) is 0. The zero-order valence-electron chi connectivity index (χ0n) is 13.2. The summed E-state index contributed by atoms with van der Waals surface area (Å²) in [5.41, 5.74) is 2.78. The standard InChI is InChI=1S/C19H19ClO2S/c1-4-5-18(19(20)16-10-6-14(2)7-11-16)23(21,22)17-12-8-15(3)9-13-17/h4,6-13H,1,5H2,2-3H3/b19-18+. The van der Waals surface area contributed by atoms with Gasteiger partial charge in [0.25, 0.3) is 0 Å². The first kappa shape index (κ1) is 17.5. The number of hydrogen-bond donors (Lipinski definition) is 0. The van der Waals surface area contributed by atoms with Crippen LogP contribution in [0.1, 0.15) is 23.1 Å². The topological polar surface area (TPSA) is 34.1 Å². The Balaban J connectivity index is 2.60. The van der Waals surface area contributed by atoms with Crippen molar-refractivity contribution >= 4 is 26.5 Å². The van der Waals surface area contributed by atoms with E-state index >= 15 is 0 Å². The first-order chi connectivity index (χ1) is 10.9. The molecular formula is C19H19ClO2S. The predicted molar refractivity (Wildman–Crippen MR) is 97.1 cm³/mol. The van der Waals surface area contributed by atoms with E-state index in [1.807, 2.05) is 38.1 Å². The van der Waals surface area contributed by atoms with Crippen LogP contribution in [0.4, 0.5) is 0 Å². The van der Waals surface area contributed by atoms with Crippen LogP contribution in [0.5, 0.6) is 0 Å². The fraction of sp³-hybridized carbons (Fsp3) is 0.158. The molecule has 0 saturated carbocycles. The Bertz CT molecular complexity index is 830. The summed E-state index contributed by atoms with van der Waals surface area (Å²) in [5, 5.41) is 0.241. The number of rotatable bonds is 5. The third-order valence-electron chi connectivity index (χ3n) is 3.54. The fourth-order valence-corrected chi connectivity index (χ4v) is 4.15. The lowest BCUT2D eigenvalue weighted by atomic mass is 10.1. The number of benzene rings is 2. The molecule has 0 aliphatic heterocycles. The molecule has 0 aliphatic carbocycles. The van der Waals surface area contributed by atoms with E-state index in [9.17, 15) is 8.42 Å². The maximum atomic E-state index is 12.9. The Kier molecular flexibility index (Phi) is 5.45. The van der Waals surface area contributed by atoms with Crippen molar-refractivity contribution in [3.05, 3.63) is 82.8 Å². The Morgan fingerprint density at radius 1 is 1.00 bits per heavy atom. The largest absolute Gasteiger partial charge is 0.219 e. The molecule has 2 rings (SSSR count). The van der Waals surface area contributed by atoms with Gasteiger partial charge in [0.2, 0.25) is 9.84 Å². The van der Waals surface area contributed by atoms with Crippen LogP contribution in [0.25, 0.3) is 5.03 Å². The summed E-state index contributed by atoms with van der Waals surface area (Å²) in [7, 11) is -3.66. The maximum absolute atomic E-state index is 12.9. The highest BCUT2D eigenvalue weighted by molar-refractivity contribution is 7.95. The Labute approximate surface area is 143 Å². The van der Waals surface area contributed by atoms with Crippen molar-refractivity contribution in [1.29, 1.82) is 0 Å². The van der Waals surface area contributed by atoms with Gasteiger partial charge in [-0.15, -0.1) is 6.58 Å². The number of allylic oxidation sites excluding steroid dienone is 2. The average molecular weight is 347 g/mol. The highest BCUT2D eigenvalue weighted by Crippen LogP contribution is 2.32. The Hall–Kier alpha value is -1.84. The van der Waals surface area contributed by atoms with Gasteiger partial charge in [0, 0.05) is 6.42 Å². The molecule has 0 bridgehead atoms. The van der Waals surface area contributed by atoms with E-state index in [-0.39, 0.29) is 21.3 Å². The third-order valence-corrected chi connectivity index (χ3v) is 6.01. The molecule has 0 radical (unpaired) electrons. The van der Waals surface area contributed by atoms with Crippen molar-refractivity contribution in [3.63, 3.8) is 0 Å². The van der Waals surface area contributed by atoms with E-state index in [0.29, 0.717) is 5.56 Å². The van der Waals surface area contributed by atoms with Gasteiger partial charge in [-0.25, -0.2) is 8.42 Å². The molecule has 0 N–H and O–H groups in total. The van der Waals surface area contributed by atoms with Gasteiger partial charge in [0.05, 0.1) is 14.8 Å². The minimum Gasteiger partial charge on any atom is -0.219 e. The summed E-state index contributed by atoms with van der Waals surface area (Å²) in [6, 6.07) is 14.2. The van der Waals surface area contributed by atoms with Crippen LogP contribution in [0.2, 0.25) is 0 Å². The van der Waals surface area contributed by atoms with Gasteiger partial charge in [-0.1, -0.05) is 65.2 Å². The molecule has 0 aliphatic rings. The molecule has 2 aromatic carbocycles. The SMILES string of the molecule is C=CC/C(=C(\Cl)c1ccc(C)cc1)S(=O)(=O)c1ccc(C)cc1. The summed E-state index contributed by atoms with van der Waals surface area (Å²) in [4.78, 5) is 0.409.